The maximum Gasteiger partial charge on any atom is 0.311 e. The minimum absolute atomic E-state index is 0.0374. The van der Waals surface area contributed by atoms with Crippen molar-refractivity contribution in [1.82, 2.24) is 0 Å². The van der Waals surface area contributed by atoms with Crippen LogP contribution < -0.4 is 0 Å². The summed E-state index contributed by atoms with van der Waals surface area (Å²) in [7, 11) is 0. The number of rotatable bonds is 5. The molecule has 0 fully saturated rings. The Bertz CT molecular complexity index is 645. The largest absolute Gasteiger partial charge is 0.481 e. The summed E-state index contributed by atoms with van der Waals surface area (Å²) in [4.78, 5) is 23.8. The zero-order valence-corrected chi connectivity index (χ0v) is 12.1. The Balaban J connectivity index is 2.38. The minimum Gasteiger partial charge on any atom is -0.481 e. The first-order valence-corrected chi connectivity index (χ1v) is 6.93. The highest BCUT2D eigenvalue weighted by molar-refractivity contribution is 6.09. The lowest BCUT2D eigenvalue weighted by molar-refractivity contribution is -0.139. The monoisotopic (exact) mass is 282 g/mol. The quantitative estimate of drug-likeness (QED) is 0.850. The average Bonchev–Trinajstić information content (AvgIpc) is 2.47. The fourth-order valence-electron chi connectivity index (χ4n) is 2.44. The number of carboxylic acids is 1. The molecule has 0 saturated carbocycles. The number of hydrogen-bond acceptors (Lipinski definition) is 2. The summed E-state index contributed by atoms with van der Waals surface area (Å²) in [5.74, 6) is -1.60. The van der Waals surface area contributed by atoms with Crippen LogP contribution in [0, 0.1) is 5.92 Å². The molecule has 0 amide bonds. The van der Waals surface area contributed by atoms with E-state index in [0.717, 1.165) is 0 Å². The Labute approximate surface area is 124 Å². The van der Waals surface area contributed by atoms with Crippen LogP contribution >= 0.6 is 0 Å². The molecular formula is C18H18O3. The van der Waals surface area contributed by atoms with Gasteiger partial charge < -0.3 is 5.11 Å². The van der Waals surface area contributed by atoms with E-state index in [9.17, 15) is 14.7 Å². The zero-order chi connectivity index (χ0) is 15.4. The molecule has 0 heterocycles. The lowest BCUT2D eigenvalue weighted by Crippen LogP contribution is -2.18. The molecule has 0 aromatic heterocycles. The van der Waals surface area contributed by atoms with Gasteiger partial charge in [-0.25, -0.2) is 0 Å². The van der Waals surface area contributed by atoms with Crippen molar-refractivity contribution in [2.45, 2.75) is 19.8 Å². The second kappa shape index (κ2) is 6.35. The van der Waals surface area contributed by atoms with Gasteiger partial charge in [0.1, 0.15) is 0 Å². The van der Waals surface area contributed by atoms with Crippen LogP contribution in [0.5, 0.6) is 0 Å². The van der Waals surface area contributed by atoms with E-state index in [0.29, 0.717) is 16.7 Å². The lowest BCUT2D eigenvalue weighted by Gasteiger charge is -2.17. The third kappa shape index (κ3) is 3.37. The van der Waals surface area contributed by atoms with Crippen molar-refractivity contribution >= 4 is 11.8 Å². The van der Waals surface area contributed by atoms with Gasteiger partial charge in [-0.3, -0.25) is 9.59 Å². The Hall–Kier alpha value is -2.42. The number of aliphatic carboxylic acids is 1. The average molecular weight is 282 g/mol. The molecule has 0 saturated heterocycles. The van der Waals surface area contributed by atoms with Gasteiger partial charge in [-0.15, -0.1) is 0 Å². The van der Waals surface area contributed by atoms with Gasteiger partial charge in [0, 0.05) is 11.1 Å². The van der Waals surface area contributed by atoms with Crippen LogP contribution in [0.25, 0.3) is 0 Å². The molecule has 21 heavy (non-hydrogen) atoms. The molecule has 0 spiro atoms. The lowest BCUT2D eigenvalue weighted by atomic mass is 9.87. The van der Waals surface area contributed by atoms with Crippen LogP contribution in [-0.4, -0.2) is 16.9 Å². The van der Waals surface area contributed by atoms with Crippen LogP contribution in [0.3, 0.4) is 0 Å². The third-order valence-electron chi connectivity index (χ3n) is 3.48. The maximum atomic E-state index is 12.4. The summed E-state index contributed by atoms with van der Waals surface area (Å²) in [6.45, 7) is 3.73. The van der Waals surface area contributed by atoms with E-state index in [1.807, 2.05) is 32.0 Å². The minimum atomic E-state index is -0.866. The molecule has 0 bridgehead atoms. The summed E-state index contributed by atoms with van der Waals surface area (Å²) in [5, 5.41) is 9.36. The van der Waals surface area contributed by atoms with Crippen LogP contribution in [-0.2, 0) is 4.79 Å². The summed E-state index contributed by atoms with van der Waals surface area (Å²) in [6, 6.07) is 15.9. The summed E-state index contributed by atoms with van der Waals surface area (Å²) < 4.78 is 0. The van der Waals surface area contributed by atoms with Gasteiger partial charge in [0.15, 0.2) is 5.78 Å². The molecule has 1 atom stereocenters. The smallest absolute Gasteiger partial charge is 0.311 e. The van der Waals surface area contributed by atoms with E-state index in [-0.39, 0.29) is 11.7 Å². The van der Waals surface area contributed by atoms with Crippen molar-refractivity contribution in [3.8, 4) is 0 Å². The number of carbonyl (C=O) groups is 2. The van der Waals surface area contributed by atoms with E-state index in [1.54, 1.807) is 36.4 Å². The fourth-order valence-corrected chi connectivity index (χ4v) is 2.44. The Morgan fingerprint density at radius 2 is 1.52 bits per heavy atom. The van der Waals surface area contributed by atoms with Gasteiger partial charge in [0.05, 0.1) is 5.92 Å². The van der Waals surface area contributed by atoms with Gasteiger partial charge in [-0.1, -0.05) is 62.4 Å². The van der Waals surface area contributed by atoms with Gasteiger partial charge in [0.25, 0.3) is 0 Å². The van der Waals surface area contributed by atoms with E-state index < -0.39 is 11.9 Å². The molecule has 2 rings (SSSR count). The number of hydrogen-bond donors (Lipinski definition) is 1. The first-order chi connectivity index (χ1) is 10.0. The zero-order valence-electron chi connectivity index (χ0n) is 12.1. The Morgan fingerprint density at radius 3 is 2.10 bits per heavy atom. The van der Waals surface area contributed by atoms with Crippen molar-refractivity contribution in [2.24, 2.45) is 5.92 Å². The molecule has 1 unspecified atom stereocenters. The normalized spacial score (nSPS) is 12.1. The number of ketones is 1. The van der Waals surface area contributed by atoms with Crippen molar-refractivity contribution in [3.63, 3.8) is 0 Å². The summed E-state index contributed by atoms with van der Waals surface area (Å²) >= 11 is 0. The van der Waals surface area contributed by atoms with E-state index >= 15 is 0 Å². The van der Waals surface area contributed by atoms with Crippen molar-refractivity contribution in [3.05, 3.63) is 71.3 Å². The van der Waals surface area contributed by atoms with Gasteiger partial charge in [-0.05, 0) is 17.5 Å². The predicted octanol–water partition coefficient (Wildman–Crippen LogP) is 3.74. The van der Waals surface area contributed by atoms with Crippen molar-refractivity contribution < 1.29 is 14.7 Å². The van der Waals surface area contributed by atoms with Crippen LogP contribution in [0.4, 0.5) is 0 Å². The van der Waals surface area contributed by atoms with E-state index in [1.165, 1.54) is 0 Å². The highest BCUT2D eigenvalue weighted by atomic mass is 16.4. The molecule has 0 aliphatic rings. The molecule has 3 heteroatoms. The van der Waals surface area contributed by atoms with Crippen molar-refractivity contribution in [1.29, 1.82) is 0 Å². The standard InChI is InChI=1S/C18H18O3/c1-12(2)16(18(20)21)14-9-6-10-15(11-14)17(19)13-7-4-3-5-8-13/h3-12,16H,1-2H3,(H,20,21). The first kappa shape index (κ1) is 15.0. The van der Waals surface area contributed by atoms with Crippen LogP contribution in [0.1, 0.15) is 41.3 Å². The Kier molecular flexibility index (Phi) is 4.53. The molecule has 2 aromatic rings. The highest BCUT2D eigenvalue weighted by Gasteiger charge is 2.24. The second-order valence-electron chi connectivity index (χ2n) is 5.38. The number of carbonyl (C=O) groups excluding carboxylic acids is 1. The van der Waals surface area contributed by atoms with Gasteiger partial charge in [0.2, 0.25) is 0 Å². The topological polar surface area (TPSA) is 54.4 Å². The first-order valence-electron chi connectivity index (χ1n) is 6.93. The van der Waals surface area contributed by atoms with Gasteiger partial charge >= 0.3 is 5.97 Å². The van der Waals surface area contributed by atoms with Crippen molar-refractivity contribution in [2.75, 3.05) is 0 Å². The van der Waals surface area contributed by atoms with Crippen LogP contribution in [0.2, 0.25) is 0 Å². The van der Waals surface area contributed by atoms with E-state index in [4.69, 9.17) is 0 Å². The highest BCUT2D eigenvalue weighted by Crippen LogP contribution is 2.26. The molecular weight excluding hydrogens is 264 g/mol. The summed E-state index contributed by atoms with van der Waals surface area (Å²) in [5.41, 5.74) is 1.79. The Morgan fingerprint density at radius 1 is 0.905 bits per heavy atom. The third-order valence-corrected chi connectivity index (χ3v) is 3.48. The maximum absolute atomic E-state index is 12.4. The molecule has 0 radical (unpaired) electrons. The molecule has 108 valence electrons. The molecule has 0 aliphatic heterocycles. The SMILES string of the molecule is CC(C)C(C(=O)O)c1cccc(C(=O)c2ccccc2)c1. The van der Waals surface area contributed by atoms with Crippen LogP contribution in [0.15, 0.2) is 54.6 Å². The molecule has 2 aromatic carbocycles. The summed E-state index contributed by atoms with van der Waals surface area (Å²) in [6.07, 6.45) is 0. The predicted molar refractivity (Wildman–Crippen MR) is 81.5 cm³/mol. The fraction of sp³-hybridized carbons (Fsp3) is 0.222. The molecule has 0 aliphatic carbocycles. The molecule has 1 N–H and O–H groups in total. The van der Waals surface area contributed by atoms with E-state index in [2.05, 4.69) is 0 Å². The van der Waals surface area contributed by atoms with Gasteiger partial charge in [-0.2, -0.15) is 0 Å². The number of carboxylic acid groups (broad SMARTS) is 1. The molecule has 3 nitrogen and oxygen atoms in total. The second-order valence-corrected chi connectivity index (χ2v) is 5.38. The number of benzene rings is 2.